The van der Waals surface area contributed by atoms with Gasteiger partial charge in [-0.1, -0.05) is 181 Å². The predicted molar refractivity (Wildman–Crippen MR) is 226 cm³/mol. The van der Waals surface area contributed by atoms with Crippen LogP contribution in [0.5, 0.6) is 0 Å². The molecule has 1 fully saturated rings. The quantitative estimate of drug-likeness (QED) is 0.0386. The molecule has 2 heterocycles. The van der Waals surface area contributed by atoms with Crippen LogP contribution in [0, 0.1) is 6.92 Å². The number of phosphoric acid groups is 1. The van der Waals surface area contributed by atoms with E-state index in [1.807, 2.05) is 0 Å². The highest BCUT2D eigenvalue weighted by atomic mass is 31.2. The minimum atomic E-state index is -4.56. The average Bonchev–Trinajstić information content (AvgIpc) is 3.60. The zero-order chi connectivity index (χ0) is 41.4. The number of unbranched alkanes of at least 4 members (excludes halogenated alkanes) is 26. The van der Waals surface area contributed by atoms with Gasteiger partial charge in [0.25, 0.3) is 19.9 Å². The first-order chi connectivity index (χ1) is 27.7. The lowest BCUT2D eigenvalue weighted by atomic mass is 10.0. The molecule has 1 aliphatic heterocycles. The molecule has 12 nitrogen and oxygen atoms in total. The van der Waals surface area contributed by atoms with Crippen LogP contribution in [0.1, 0.15) is 212 Å². The first-order valence-electron chi connectivity index (χ1n) is 23.1. The van der Waals surface area contributed by atoms with Crippen LogP contribution in [0.2, 0.25) is 0 Å². The maximum absolute atomic E-state index is 12.7. The minimum Gasteiger partial charge on any atom is -0.756 e. The molecule has 0 aromatic carbocycles. The average molecular weight is 830 g/mol. The van der Waals surface area contributed by atoms with Gasteiger partial charge in [0.1, 0.15) is 12.3 Å². The Hall–Kier alpha value is -1.37. The molecule has 0 bridgehead atoms. The summed E-state index contributed by atoms with van der Waals surface area (Å²) in [6, 6.07) is 0. The van der Waals surface area contributed by atoms with Crippen molar-refractivity contribution in [3.63, 3.8) is 0 Å². The van der Waals surface area contributed by atoms with Crippen molar-refractivity contribution in [1.82, 2.24) is 9.55 Å². The molecule has 0 aliphatic carbocycles. The third-order valence-electron chi connectivity index (χ3n) is 11.0. The maximum atomic E-state index is 12.7. The van der Waals surface area contributed by atoms with Gasteiger partial charge in [0.2, 0.25) is 0 Å². The van der Waals surface area contributed by atoms with E-state index in [-0.39, 0.29) is 6.42 Å². The number of H-pyrrole nitrogens is 1. The topological polar surface area (TPSA) is 150 Å². The predicted octanol–water partition coefficient (Wildman–Crippen LogP) is 10.9. The zero-order valence-electron chi connectivity index (χ0n) is 36.5. The second-order valence-corrected chi connectivity index (χ2v) is 17.7. The van der Waals surface area contributed by atoms with E-state index in [2.05, 4.69) is 23.4 Å². The second-order valence-electron chi connectivity index (χ2n) is 16.2. The molecule has 0 radical (unpaired) electrons. The van der Waals surface area contributed by atoms with Gasteiger partial charge in [0.15, 0.2) is 0 Å². The van der Waals surface area contributed by atoms with Gasteiger partial charge in [-0.3, -0.25) is 18.9 Å². The van der Waals surface area contributed by atoms with Crippen LogP contribution in [0.4, 0.5) is 0 Å². The number of rotatable bonds is 39. The third-order valence-corrected chi connectivity index (χ3v) is 12.0. The van der Waals surface area contributed by atoms with E-state index in [1.54, 1.807) is 6.92 Å². The number of hydrogen-bond acceptors (Lipinski definition) is 10. The van der Waals surface area contributed by atoms with E-state index in [0.717, 1.165) is 45.6 Å². The summed E-state index contributed by atoms with van der Waals surface area (Å²) in [6.07, 6.45) is 34.6. The van der Waals surface area contributed by atoms with Gasteiger partial charge in [0, 0.05) is 25.3 Å². The Morgan fingerprint density at radius 3 is 1.53 bits per heavy atom. The molecule has 0 spiro atoms. The fraction of sp³-hybridized carbons (Fsp3) is 0.909. The van der Waals surface area contributed by atoms with Gasteiger partial charge in [-0.15, -0.1) is 0 Å². The van der Waals surface area contributed by atoms with Gasteiger partial charge in [-0.2, -0.15) is 0 Å². The van der Waals surface area contributed by atoms with Gasteiger partial charge in [-0.25, -0.2) is 4.79 Å². The van der Waals surface area contributed by atoms with Crippen molar-refractivity contribution < 1.29 is 37.5 Å². The lowest BCUT2D eigenvalue weighted by Gasteiger charge is -2.27. The van der Waals surface area contributed by atoms with E-state index < -0.39 is 50.6 Å². The van der Waals surface area contributed by atoms with Crippen molar-refractivity contribution in [3.05, 3.63) is 32.6 Å². The molecule has 1 aromatic heterocycles. The van der Waals surface area contributed by atoms with Crippen molar-refractivity contribution in [3.8, 4) is 0 Å². The zero-order valence-corrected chi connectivity index (χ0v) is 37.4. The molecule has 334 valence electrons. The number of ether oxygens (including phenoxy) is 4. The van der Waals surface area contributed by atoms with Crippen molar-refractivity contribution in [2.24, 2.45) is 0 Å². The lowest BCUT2D eigenvalue weighted by Crippen LogP contribution is -2.35. The van der Waals surface area contributed by atoms with Gasteiger partial charge >= 0.3 is 5.69 Å². The van der Waals surface area contributed by atoms with E-state index in [1.165, 1.54) is 152 Å². The fourth-order valence-electron chi connectivity index (χ4n) is 7.40. The number of nitrogens with zero attached hydrogens (tertiary/aromatic N) is 1. The van der Waals surface area contributed by atoms with Crippen LogP contribution in [-0.2, 0) is 32.6 Å². The number of aromatic nitrogens is 2. The van der Waals surface area contributed by atoms with Gasteiger partial charge < -0.3 is 32.9 Å². The van der Waals surface area contributed by atoms with Gasteiger partial charge in [0.05, 0.1) is 25.9 Å². The van der Waals surface area contributed by atoms with E-state index in [0.29, 0.717) is 18.8 Å². The molecule has 1 N–H and O–H groups in total. The van der Waals surface area contributed by atoms with E-state index in [4.69, 9.17) is 23.5 Å². The third kappa shape index (κ3) is 25.1. The number of nitrogens with one attached hydrogen (secondary N) is 1. The summed E-state index contributed by atoms with van der Waals surface area (Å²) >= 11 is 0. The Morgan fingerprint density at radius 2 is 1.12 bits per heavy atom. The Kier molecular flexibility index (Phi) is 30.3. The van der Waals surface area contributed by atoms with Crippen molar-refractivity contribution in [2.75, 3.05) is 26.9 Å². The molecule has 4 atom stereocenters. The highest BCUT2D eigenvalue weighted by Gasteiger charge is 2.40. The van der Waals surface area contributed by atoms with Crippen LogP contribution in [0.25, 0.3) is 0 Å². The molecule has 1 aromatic rings. The molecular weight excluding hydrogens is 747 g/mol. The highest BCUT2D eigenvalue weighted by molar-refractivity contribution is 7.45. The van der Waals surface area contributed by atoms with Crippen molar-refractivity contribution in [2.45, 2.75) is 232 Å². The summed E-state index contributed by atoms with van der Waals surface area (Å²) < 4.78 is 47.6. The number of aromatic amines is 1. The molecule has 1 aliphatic rings. The number of hydrogen-bond donors (Lipinski definition) is 1. The SMILES string of the molecule is CCCCCCCCCCCCCCCCOC(OCCCCCCCCCCCCCCCC)OC1C[C@H](n2cc(C)c(=O)[nH]c2=O)O[C@@H]1COP(=O)([O-])OC. The van der Waals surface area contributed by atoms with E-state index in [9.17, 15) is 19.0 Å². The Labute approximate surface area is 345 Å². The lowest BCUT2D eigenvalue weighted by molar-refractivity contribution is -0.309. The van der Waals surface area contributed by atoms with Crippen LogP contribution >= 0.6 is 7.82 Å². The largest absolute Gasteiger partial charge is 0.756 e. The molecule has 2 unspecified atom stereocenters. The Bertz CT molecular complexity index is 1240. The number of phosphoric ester groups is 1. The van der Waals surface area contributed by atoms with Crippen LogP contribution in [0.3, 0.4) is 0 Å². The van der Waals surface area contributed by atoms with Crippen molar-refractivity contribution in [1.29, 1.82) is 0 Å². The maximum Gasteiger partial charge on any atom is 0.330 e. The molecule has 13 heteroatoms. The highest BCUT2D eigenvalue weighted by Crippen LogP contribution is 2.39. The first kappa shape index (κ1) is 51.8. The molecule has 0 amide bonds. The molecule has 0 saturated carbocycles. The van der Waals surface area contributed by atoms with Crippen LogP contribution in [0.15, 0.2) is 15.8 Å². The Balaban J connectivity index is 1.84. The fourth-order valence-corrected chi connectivity index (χ4v) is 7.84. The second kappa shape index (κ2) is 33.4. The summed E-state index contributed by atoms with van der Waals surface area (Å²) in [7, 11) is -3.54. The molecular formula is C44H82N2O10P-. The van der Waals surface area contributed by atoms with Crippen molar-refractivity contribution >= 4 is 7.82 Å². The molecule has 1 saturated heterocycles. The van der Waals surface area contributed by atoms with Crippen LogP contribution in [-0.4, -0.2) is 55.2 Å². The van der Waals surface area contributed by atoms with Crippen LogP contribution < -0.4 is 16.1 Å². The minimum absolute atomic E-state index is 0.177. The summed E-state index contributed by atoms with van der Waals surface area (Å²) in [5.41, 5.74) is -0.783. The molecule has 2 rings (SSSR count). The summed E-state index contributed by atoms with van der Waals surface area (Å²) in [6.45, 7) is 5.64. The van der Waals surface area contributed by atoms with Gasteiger partial charge in [-0.05, 0) is 19.8 Å². The smallest absolute Gasteiger partial charge is 0.330 e. The Morgan fingerprint density at radius 1 is 0.719 bits per heavy atom. The number of aryl methyl sites for hydroxylation is 1. The monoisotopic (exact) mass is 830 g/mol. The first-order valence-corrected chi connectivity index (χ1v) is 24.5. The summed E-state index contributed by atoms with van der Waals surface area (Å²) in [5, 5.41) is 0. The summed E-state index contributed by atoms with van der Waals surface area (Å²) in [5.74, 6) is 0. The van der Waals surface area contributed by atoms with E-state index >= 15 is 0 Å². The summed E-state index contributed by atoms with van der Waals surface area (Å²) in [4.78, 5) is 39.1. The normalized spacial score (nSPS) is 18.2. The standard InChI is InChI=1S/C44H83N2O10P/c1-5-7-9-11-13-15-17-19-21-23-25-27-29-31-33-52-44(53-34-32-30-28-26-24-22-20-18-16-14-12-10-8-6-2)56-39-35-41(46-36-38(3)42(47)45-43(46)48)55-40(39)37-54-57(49,50)51-4/h36,39-41,44H,5-35,37H2,1-4H3,(H,49,50)(H,45,47,48)/p-1/t39?,40-,41-/m1/s1. The molecule has 57 heavy (non-hydrogen) atoms.